The van der Waals surface area contributed by atoms with Crippen molar-refractivity contribution in [1.29, 1.82) is 0 Å². The van der Waals surface area contributed by atoms with Gasteiger partial charge in [-0.25, -0.2) is 4.39 Å². The van der Waals surface area contributed by atoms with Gasteiger partial charge in [-0.2, -0.15) is 0 Å². The molecule has 2 rings (SSSR count). The van der Waals surface area contributed by atoms with Crippen LogP contribution in [0.1, 0.15) is 0 Å². The topological polar surface area (TPSA) is 52.0 Å². The third-order valence-corrected chi connectivity index (χ3v) is 2.63. The van der Waals surface area contributed by atoms with Crippen molar-refractivity contribution in [1.82, 2.24) is 5.16 Å². The molecule has 0 aliphatic heterocycles. The molecule has 0 spiro atoms. The smallest absolute Gasteiger partial charge is 0.170 e. The minimum Gasteiger partial charge on any atom is -0.381 e. The number of nitrogens with zero attached hydrogens (tertiary/aromatic N) is 1. The average Bonchev–Trinajstić information content (AvgIpc) is 2.58. The van der Waals surface area contributed by atoms with Gasteiger partial charge in [0.25, 0.3) is 0 Å². The Labute approximate surface area is 98.1 Å². The molecule has 0 unspecified atom stereocenters. The second kappa shape index (κ2) is 3.83. The minimum absolute atomic E-state index is 0.0191. The normalized spacial score (nSPS) is 10.6. The molecule has 15 heavy (non-hydrogen) atoms. The van der Waals surface area contributed by atoms with Crippen molar-refractivity contribution in [2.45, 2.75) is 0 Å². The van der Waals surface area contributed by atoms with Crippen LogP contribution in [0.15, 0.2) is 27.2 Å². The van der Waals surface area contributed by atoms with Crippen LogP contribution in [0.4, 0.5) is 10.2 Å². The van der Waals surface area contributed by atoms with Crippen LogP contribution < -0.4 is 5.73 Å². The van der Waals surface area contributed by atoms with Crippen molar-refractivity contribution >= 4 is 33.3 Å². The van der Waals surface area contributed by atoms with Gasteiger partial charge in [0, 0.05) is 16.1 Å². The Hall–Kier alpha value is -1.07. The zero-order valence-electron chi connectivity index (χ0n) is 7.30. The van der Waals surface area contributed by atoms with Gasteiger partial charge in [-0.1, -0.05) is 32.7 Å². The second-order valence-corrected chi connectivity index (χ2v) is 4.16. The van der Waals surface area contributed by atoms with Gasteiger partial charge < -0.3 is 10.3 Å². The predicted molar refractivity (Wildman–Crippen MR) is 59.0 cm³/mol. The molecule has 0 fully saturated rings. The molecule has 78 valence electrons. The number of hydrogen-bond acceptors (Lipinski definition) is 3. The molecule has 0 aliphatic rings. The van der Waals surface area contributed by atoms with E-state index in [-0.39, 0.29) is 10.8 Å². The summed E-state index contributed by atoms with van der Waals surface area (Å²) in [5.74, 6) is 0.0233. The highest BCUT2D eigenvalue weighted by Gasteiger charge is 2.13. The van der Waals surface area contributed by atoms with Gasteiger partial charge in [0.1, 0.15) is 5.82 Å². The largest absolute Gasteiger partial charge is 0.381 e. The minimum atomic E-state index is -0.531. The summed E-state index contributed by atoms with van der Waals surface area (Å²) in [6.45, 7) is 0. The molecule has 2 N–H and O–H groups in total. The highest BCUT2D eigenvalue weighted by atomic mass is 79.9. The lowest BCUT2D eigenvalue weighted by Crippen LogP contribution is -1.83. The van der Waals surface area contributed by atoms with Crippen LogP contribution in [-0.2, 0) is 0 Å². The van der Waals surface area contributed by atoms with Crippen LogP contribution in [0.3, 0.4) is 0 Å². The molecule has 0 saturated heterocycles. The van der Waals surface area contributed by atoms with Crippen LogP contribution in [0.25, 0.3) is 11.3 Å². The maximum Gasteiger partial charge on any atom is 0.170 e. The van der Waals surface area contributed by atoms with Crippen molar-refractivity contribution in [2.24, 2.45) is 0 Å². The van der Waals surface area contributed by atoms with E-state index in [0.29, 0.717) is 15.8 Å². The van der Waals surface area contributed by atoms with Gasteiger partial charge in [0.05, 0.1) is 5.02 Å². The number of benzene rings is 1. The molecular weight excluding hydrogens is 286 g/mol. The number of nitrogens with two attached hydrogens (primary N) is 1. The second-order valence-electron chi connectivity index (χ2n) is 2.87. The van der Waals surface area contributed by atoms with Crippen molar-refractivity contribution in [3.63, 3.8) is 0 Å². The molecule has 0 saturated carbocycles. The van der Waals surface area contributed by atoms with Crippen LogP contribution in [-0.4, -0.2) is 5.16 Å². The van der Waals surface area contributed by atoms with Gasteiger partial charge >= 0.3 is 0 Å². The maximum atomic E-state index is 13.3. The average molecular weight is 292 g/mol. The molecular formula is C9H5BrClFN2O. The predicted octanol–water partition coefficient (Wildman–Crippen LogP) is 3.48. The molecule has 2 aromatic rings. The van der Waals surface area contributed by atoms with Gasteiger partial charge in [-0.15, -0.1) is 0 Å². The fourth-order valence-electron chi connectivity index (χ4n) is 1.15. The first-order valence-electron chi connectivity index (χ1n) is 3.95. The first kappa shape index (κ1) is 10.4. The summed E-state index contributed by atoms with van der Waals surface area (Å²) in [5, 5.41) is 3.48. The Morgan fingerprint density at radius 2 is 2.13 bits per heavy atom. The monoisotopic (exact) mass is 290 g/mol. The number of hydrogen-bond donors (Lipinski definition) is 1. The van der Waals surface area contributed by atoms with E-state index in [2.05, 4.69) is 21.1 Å². The SMILES string of the molecule is Nc1cc(-c2cc(Br)cc(F)c2Cl)on1. The van der Waals surface area contributed by atoms with Crippen LogP contribution in [0.2, 0.25) is 5.02 Å². The summed E-state index contributed by atoms with van der Waals surface area (Å²) in [6, 6.07) is 4.38. The van der Waals surface area contributed by atoms with Crippen LogP contribution in [0.5, 0.6) is 0 Å². The fraction of sp³-hybridized carbons (Fsp3) is 0. The van der Waals surface area contributed by atoms with Gasteiger partial charge in [0.2, 0.25) is 0 Å². The quantitative estimate of drug-likeness (QED) is 0.818. The molecule has 1 aromatic heterocycles. The summed E-state index contributed by atoms with van der Waals surface area (Å²) in [4.78, 5) is 0. The van der Waals surface area contributed by atoms with Crippen molar-refractivity contribution in [2.75, 3.05) is 5.73 Å². The van der Waals surface area contributed by atoms with Crippen molar-refractivity contribution < 1.29 is 8.91 Å². The van der Waals surface area contributed by atoms with E-state index in [4.69, 9.17) is 21.9 Å². The van der Waals surface area contributed by atoms with E-state index in [1.807, 2.05) is 0 Å². The number of aromatic nitrogens is 1. The standard InChI is InChI=1S/C9H5BrClFN2O/c10-4-1-5(9(11)6(12)2-4)7-3-8(13)14-15-7/h1-3H,(H2,13,14). The summed E-state index contributed by atoms with van der Waals surface area (Å²) < 4.78 is 18.7. The Morgan fingerprint density at radius 3 is 2.73 bits per heavy atom. The maximum absolute atomic E-state index is 13.3. The Bertz CT molecular complexity index is 515. The summed E-state index contributed by atoms with van der Waals surface area (Å²) in [5.41, 5.74) is 5.80. The van der Waals surface area contributed by atoms with Crippen LogP contribution >= 0.6 is 27.5 Å². The number of anilines is 1. The Balaban J connectivity index is 2.62. The molecule has 0 bridgehead atoms. The third-order valence-electron chi connectivity index (χ3n) is 1.79. The van der Waals surface area contributed by atoms with Crippen molar-refractivity contribution in [3.05, 3.63) is 33.5 Å². The molecule has 1 heterocycles. The van der Waals surface area contributed by atoms with Crippen LogP contribution in [0, 0.1) is 5.82 Å². The lowest BCUT2D eigenvalue weighted by molar-refractivity contribution is 0.435. The molecule has 6 heteroatoms. The Morgan fingerprint density at radius 1 is 1.40 bits per heavy atom. The Kier molecular flexibility index (Phi) is 2.67. The number of rotatable bonds is 1. The summed E-state index contributed by atoms with van der Waals surface area (Å²) >= 11 is 8.94. The van der Waals surface area contributed by atoms with E-state index < -0.39 is 5.82 Å². The van der Waals surface area contributed by atoms with E-state index in [9.17, 15) is 4.39 Å². The summed E-state index contributed by atoms with van der Waals surface area (Å²) in [7, 11) is 0. The van der Waals surface area contributed by atoms with Gasteiger partial charge in [-0.05, 0) is 12.1 Å². The zero-order chi connectivity index (χ0) is 11.0. The van der Waals surface area contributed by atoms with E-state index >= 15 is 0 Å². The molecule has 0 atom stereocenters. The summed E-state index contributed by atoms with van der Waals surface area (Å²) in [6.07, 6.45) is 0. The number of halogens is 3. The lowest BCUT2D eigenvalue weighted by atomic mass is 10.1. The molecule has 1 aromatic carbocycles. The zero-order valence-corrected chi connectivity index (χ0v) is 9.64. The van der Waals surface area contributed by atoms with E-state index in [0.717, 1.165) is 0 Å². The molecule has 0 aliphatic carbocycles. The number of nitrogen functional groups attached to an aromatic ring is 1. The van der Waals surface area contributed by atoms with E-state index in [1.165, 1.54) is 12.1 Å². The third kappa shape index (κ3) is 1.98. The molecule has 3 nitrogen and oxygen atoms in total. The molecule has 0 radical (unpaired) electrons. The highest BCUT2D eigenvalue weighted by Crippen LogP contribution is 2.33. The van der Waals surface area contributed by atoms with Crippen molar-refractivity contribution in [3.8, 4) is 11.3 Å². The van der Waals surface area contributed by atoms with E-state index in [1.54, 1.807) is 6.07 Å². The highest BCUT2D eigenvalue weighted by molar-refractivity contribution is 9.10. The fourth-order valence-corrected chi connectivity index (χ4v) is 1.78. The molecule has 0 amide bonds. The first-order chi connectivity index (χ1) is 7.08. The van der Waals surface area contributed by atoms with Gasteiger partial charge in [-0.3, -0.25) is 0 Å². The lowest BCUT2D eigenvalue weighted by Gasteiger charge is -2.01. The first-order valence-corrected chi connectivity index (χ1v) is 5.12. The van der Waals surface area contributed by atoms with Gasteiger partial charge in [0.15, 0.2) is 11.6 Å².